The van der Waals surface area contributed by atoms with Crippen LogP contribution in [0.15, 0.2) is 17.0 Å². The molecule has 2 saturated heterocycles. The highest BCUT2D eigenvalue weighted by atomic mass is 35.5. The first-order chi connectivity index (χ1) is 9.93. The number of ether oxygens (including phenoxy) is 1. The molecule has 0 aromatic heterocycles. The minimum absolute atomic E-state index is 0.144. The zero-order valence-electron chi connectivity index (χ0n) is 11.1. The number of rotatable bonds is 3. The summed E-state index contributed by atoms with van der Waals surface area (Å²) in [6, 6.07) is 1.89. The third-order valence-electron chi connectivity index (χ3n) is 3.91. The van der Waals surface area contributed by atoms with E-state index in [0.29, 0.717) is 0 Å². The van der Waals surface area contributed by atoms with Crippen molar-refractivity contribution in [2.75, 3.05) is 13.1 Å². The predicted octanol–water partition coefficient (Wildman–Crippen LogP) is 2.26. The standard InChI is InChI=1S/C13H14ClF2NO3S/c14-5-10-11(15)3-4-12(13(10)16)21(18,19)17-6-8-1-2-9(7-17)20-8/h3-4,8-9H,1-2,5-7H2. The minimum atomic E-state index is -4.01. The molecule has 0 spiro atoms. The van der Waals surface area contributed by atoms with Crippen LogP contribution in [0.25, 0.3) is 0 Å². The molecule has 0 amide bonds. The summed E-state index contributed by atoms with van der Waals surface area (Å²) < 4.78 is 59.6. The van der Waals surface area contributed by atoms with Crippen LogP contribution in [0, 0.1) is 11.6 Å². The molecule has 4 nitrogen and oxygen atoms in total. The molecule has 0 radical (unpaired) electrons. The highest BCUT2D eigenvalue weighted by Crippen LogP contribution is 2.31. The molecule has 0 saturated carbocycles. The zero-order valence-corrected chi connectivity index (χ0v) is 12.6. The van der Waals surface area contributed by atoms with Crippen LogP contribution in [-0.2, 0) is 20.6 Å². The molecule has 2 heterocycles. The lowest BCUT2D eigenvalue weighted by molar-refractivity contribution is -0.0115. The van der Waals surface area contributed by atoms with Crippen molar-refractivity contribution in [3.63, 3.8) is 0 Å². The zero-order chi connectivity index (χ0) is 15.2. The Kier molecular flexibility index (Phi) is 3.94. The first kappa shape index (κ1) is 15.1. The molecule has 0 N–H and O–H groups in total. The molecule has 1 aromatic rings. The molecule has 0 aliphatic carbocycles. The van der Waals surface area contributed by atoms with Crippen molar-refractivity contribution >= 4 is 21.6 Å². The van der Waals surface area contributed by atoms with E-state index in [1.807, 2.05) is 0 Å². The molecule has 3 rings (SSSR count). The summed E-state index contributed by atoms with van der Waals surface area (Å²) in [5, 5.41) is 0. The summed E-state index contributed by atoms with van der Waals surface area (Å²) >= 11 is 5.49. The fourth-order valence-electron chi connectivity index (χ4n) is 2.81. The number of hydrogen-bond donors (Lipinski definition) is 0. The van der Waals surface area contributed by atoms with Gasteiger partial charge < -0.3 is 4.74 Å². The van der Waals surface area contributed by atoms with Gasteiger partial charge in [-0.3, -0.25) is 0 Å². The maximum atomic E-state index is 14.2. The van der Waals surface area contributed by atoms with Gasteiger partial charge in [-0.1, -0.05) is 0 Å². The van der Waals surface area contributed by atoms with E-state index in [2.05, 4.69) is 0 Å². The van der Waals surface area contributed by atoms with Crippen molar-refractivity contribution in [1.29, 1.82) is 0 Å². The summed E-state index contributed by atoms with van der Waals surface area (Å²) in [6.45, 7) is 0.401. The fraction of sp³-hybridized carbons (Fsp3) is 0.538. The number of halogens is 3. The van der Waals surface area contributed by atoms with Crippen LogP contribution in [0.2, 0.25) is 0 Å². The van der Waals surface area contributed by atoms with Crippen LogP contribution in [0.5, 0.6) is 0 Å². The van der Waals surface area contributed by atoms with Gasteiger partial charge >= 0.3 is 0 Å². The number of sulfonamides is 1. The van der Waals surface area contributed by atoms with Crippen molar-refractivity contribution in [3.05, 3.63) is 29.3 Å². The van der Waals surface area contributed by atoms with Gasteiger partial charge in [0.1, 0.15) is 10.7 Å². The molecule has 21 heavy (non-hydrogen) atoms. The lowest BCUT2D eigenvalue weighted by atomic mass is 10.2. The van der Waals surface area contributed by atoms with Gasteiger partial charge in [0.25, 0.3) is 0 Å². The van der Waals surface area contributed by atoms with Crippen LogP contribution in [-0.4, -0.2) is 38.0 Å². The van der Waals surface area contributed by atoms with Crippen LogP contribution in [0.4, 0.5) is 8.78 Å². The second-order valence-electron chi connectivity index (χ2n) is 5.25. The number of morpholine rings is 1. The number of hydrogen-bond acceptors (Lipinski definition) is 3. The molecule has 1 aromatic carbocycles. The van der Waals surface area contributed by atoms with E-state index in [1.165, 1.54) is 4.31 Å². The second-order valence-corrected chi connectivity index (χ2v) is 7.42. The van der Waals surface area contributed by atoms with Gasteiger partial charge in [0.05, 0.1) is 18.1 Å². The van der Waals surface area contributed by atoms with Gasteiger partial charge in [-0.2, -0.15) is 4.31 Å². The predicted molar refractivity (Wildman–Crippen MR) is 72.6 cm³/mol. The molecule has 2 aliphatic heterocycles. The average molecular weight is 338 g/mol. The van der Waals surface area contributed by atoms with E-state index >= 15 is 0 Å². The van der Waals surface area contributed by atoms with Gasteiger partial charge in [-0.05, 0) is 25.0 Å². The van der Waals surface area contributed by atoms with E-state index in [-0.39, 0.29) is 25.3 Å². The maximum Gasteiger partial charge on any atom is 0.246 e. The first-order valence-electron chi connectivity index (χ1n) is 6.62. The lowest BCUT2D eigenvalue weighted by Gasteiger charge is -2.31. The molecule has 2 atom stereocenters. The first-order valence-corrected chi connectivity index (χ1v) is 8.59. The van der Waals surface area contributed by atoms with Crippen molar-refractivity contribution in [1.82, 2.24) is 4.31 Å². The van der Waals surface area contributed by atoms with E-state index in [4.69, 9.17) is 16.3 Å². The van der Waals surface area contributed by atoms with E-state index < -0.39 is 38.0 Å². The molecule has 2 fully saturated rings. The Bertz CT molecular complexity index is 656. The summed E-state index contributed by atoms with van der Waals surface area (Å²) in [7, 11) is -4.01. The van der Waals surface area contributed by atoms with Crippen molar-refractivity contribution in [3.8, 4) is 0 Å². The Hall–Kier alpha value is -0.760. The summed E-state index contributed by atoms with van der Waals surface area (Å²) in [4.78, 5) is -0.527. The second kappa shape index (κ2) is 5.46. The monoisotopic (exact) mass is 337 g/mol. The quantitative estimate of drug-likeness (QED) is 0.795. The molecule has 116 valence electrons. The maximum absolute atomic E-state index is 14.2. The summed E-state index contributed by atoms with van der Waals surface area (Å²) in [6.07, 6.45) is 1.31. The number of fused-ring (bicyclic) bond motifs is 2. The van der Waals surface area contributed by atoms with Crippen LogP contribution >= 0.6 is 11.6 Å². The number of nitrogens with zero attached hydrogens (tertiary/aromatic N) is 1. The van der Waals surface area contributed by atoms with Crippen molar-refractivity contribution < 1.29 is 21.9 Å². The molecular formula is C13H14ClF2NO3S. The molecule has 2 bridgehead atoms. The van der Waals surface area contributed by atoms with E-state index in [9.17, 15) is 17.2 Å². The highest BCUT2D eigenvalue weighted by Gasteiger charge is 2.40. The molecule has 2 unspecified atom stereocenters. The van der Waals surface area contributed by atoms with Gasteiger partial charge in [0.2, 0.25) is 10.0 Å². The highest BCUT2D eigenvalue weighted by molar-refractivity contribution is 7.89. The largest absolute Gasteiger partial charge is 0.372 e. The van der Waals surface area contributed by atoms with Gasteiger partial charge in [0, 0.05) is 18.7 Å². The molecule has 2 aliphatic rings. The van der Waals surface area contributed by atoms with Gasteiger partial charge in [0.15, 0.2) is 5.82 Å². The topological polar surface area (TPSA) is 46.6 Å². The average Bonchev–Trinajstić information content (AvgIpc) is 2.77. The molecule has 8 heteroatoms. The Morgan fingerprint density at radius 1 is 1.24 bits per heavy atom. The summed E-state index contributed by atoms with van der Waals surface area (Å²) in [5.74, 6) is -2.37. The summed E-state index contributed by atoms with van der Waals surface area (Å²) in [5.41, 5.74) is -0.422. The third-order valence-corrected chi connectivity index (χ3v) is 6.03. The van der Waals surface area contributed by atoms with Gasteiger partial charge in [-0.15, -0.1) is 11.6 Å². The van der Waals surface area contributed by atoms with Crippen LogP contribution < -0.4 is 0 Å². The van der Waals surface area contributed by atoms with E-state index in [1.54, 1.807) is 0 Å². The molecular weight excluding hydrogens is 324 g/mol. The fourth-order valence-corrected chi connectivity index (χ4v) is 4.65. The van der Waals surface area contributed by atoms with Crippen molar-refractivity contribution in [2.45, 2.75) is 35.8 Å². The number of alkyl halides is 1. The Morgan fingerprint density at radius 3 is 2.43 bits per heavy atom. The third kappa shape index (κ3) is 2.56. The smallest absolute Gasteiger partial charge is 0.246 e. The SMILES string of the molecule is O=S(=O)(c1ccc(F)c(CCl)c1F)N1CC2CCC(C1)O2. The minimum Gasteiger partial charge on any atom is -0.372 e. The van der Waals surface area contributed by atoms with Gasteiger partial charge in [-0.25, -0.2) is 17.2 Å². The lowest BCUT2D eigenvalue weighted by Crippen LogP contribution is -2.45. The normalized spacial score (nSPS) is 26.2. The van der Waals surface area contributed by atoms with Crippen LogP contribution in [0.3, 0.4) is 0 Å². The van der Waals surface area contributed by atoms with E-state index in [0.717, 1.165) is 25.0 Å². The van der Waals surface area contributed by atoms with Crippen LogP contribution in [0.1, 0.15) is 18.4 Å². The Morgan fingerprint density at radius 2 is 1.86 bits per heavy atom. The Labute approximate surface area is 126 Å². The Balaban J connectivity index is 1.99. The van der Waals surface area contributed by atoms with Crippen molar-refractivity contribution in [2.24, 2.45) is 0 Å². The number of benzene rings is 1.